The number of hydrogen-bond acceptors (Lipinski definition) is 4. The first-order valence-corrected chi connectivity index (χ1v) is 8.61. The summed E-state index contributed by atoms with van der Waals surface area (Å²) in [6.07, 6.45) is 1.10. The number of esters is 1. The van der Waals surface area contributed by atoms with Crippen LogP contribution in [0.5, 0.6) is 0 Å². The molecule has 0 saturated heterocycles. The van der Waals surface area contributed by atoms with E-state index in [0.29, 0.717) is 43.0 Å². The first kappa shape index (κ1) is 19.5. The minimum absolute atomic E-state index is 0.175. The Hall–Kier alpha value is -2.83. The second kappa shape index (κ2) is 10.2. The van der Waals surface area contributed by atoms with Gasteiger partial charge in [0, 0.05) is 19.5 Å². The molecule has 1 heterocycles. The Bertz CT molecular complexity index is 730. The Kier molecular flexibility index (Phi) is 7.67. The summed E-state index contributed by atoms with van der Waals surface area (Å²) in [5.74, 6) is 0.335. The molecule has 0 bridgehead atoms. The van der Waals surface area contributed by atoms with Crippen LogP contribution in [0.25, 0.3) is 11.3 Å². The van der Waals surface area contributed by atoms with Gasteiger partial charge in [-0.2, -0.15) is 0 Å². The molecule has 0 radical (unpaired) electrons. The Morgan fingerprint density at radius 3 is 2.73 bits per heavy atom. The number of urea groups is 1. The number of amides is 2. The summed E-state index contributed by atoms with van der Waals surface area (Å²) < 4.78 is 24.4. The second-order valence-electron chi connectivity index (χ2n) is 5.61. The highest BCUT2D eigenvalue weighted by molar-refractivity contribution is 5.73. The van der Waals surface area contributed by atoms with Crippen LogP contribution in [0.4, 0.5) is 9.18 Å². The molecule has 0 atom stereocenters. The van der Waals surface area contributed by atoms with E-state index in [1.165, 1.54) is 6.07 Å². The van der Waals surface area contributed by atoms with Gasteiger partial charge in [0.2, 0.25) is 0 Å². The smallest absolute Gasteiger partial charge is 0.314 e. The zero-order chi connectivity index (χ0) is 18.8. The first-order chi connectivity index (χ1) is 12.6. The van der Waals surface area contributed by atoms with E-state index in [1.807, 2.05) is 6.92 Å². The molecule has 0 spiro atoms. The topological polar surface area (TPSA) is 80.6 Å². The van der Waals surface area contributed by atoms with Crippen molar-refractivity contribution < 1.29 is 23.1 Å². The molecule has 26 heavy (non-hydrogen) atoms. The quantitative estimate of drug-likeness (QED) is 0.530. The SMILES string of the molecule is CCNC(=O)NCCCOC(=O)CCc1ccc(-c2ccccc2F)o1. The van der Waals surface area contributed by atoms with E-state index in [4.69, 9.17) is 9.15 Å². The predicted molar refractivity (Wildman–Crippen MR) is 95.1 cm³/mol. The van der Waals surface area contributed by atoms with Crippen LogP contribution in [0.2, 0.25) is 0 Å². The molecular weight excluding hydrogens is 339 g/mol. The molecule has 1 aromatic carbocycles. The Labute approximate surface area is 151 Å². The van der Waals surface area contributed by atoms with E-state index in [9.17, 15) is 14.0 Å². The van der Waals surface area contributed by atoms with Gasteiger partial charge in [-0.05, 0) is 37.6 Å². The third-order valence-corrected chi connectivity index (χ3v) is 3.58. The molecule has 2 aromatic rings. The number of furan rings is 1. The highest BCUT2D eigenvalue weighted by Crippen LogP contribution is 2.25. The van der Waals surface area contributed by atoms with Crippen LogP contribution in [0, 0.1) is 5.82 Å². The van der Waals surface area contributed by atoms with E-state index in [0.717, 1.165) is 0 Å². The van der Waals surface area contributed by atoms with Crippen LogP contribution in [0.15, 0.2) is 40.8 Å². The van der Waals surface area contributed by atoms with Gasteiger partial charge in [-0.3, -0.25) is 4.79 Å². The lowest BCUT2D eigenvalue weighted by atomic mass is 10.1. The van der Waals surface area contributed by atoms with Crippen LogP contribution in [-0.2, 0) is 16.0 Å². The molecule has 2 amide bonds. The van der Waals surface area contributed by atoms with Crippen LogP contribution < -0.4 is 10.6 Å². The third-order valence-electron chi connectivity index (χ3n) is 3.58. The maximum atomic E-state index is 13.7. The summed E-state index contributed by atoms with van der Waals surface area (Å²) >= 11 is 0. The predicted octanol–water partition coefficient (Wildman–Crippen LogP) is 3.27. The van der Waals surface area contributed by atoms with Gasteiger partial charge in [0.15, 0.2) is 0 Å². The number of carbonyl (C=O) groups excluding carboxylic acids is 2. The van der Waals surface area contributed by atoms with Gasteiger partial charge in [0.1, 0.15) is 17.3 Å². The molecule has 6 nitrogen and oxygen atoms in total. The summed E-state index contributed by atoms with van der Waals surface area (Å²) in [5, 5.41) is 5.26. The van der Waals surface area contributed by atoms with Crippen molar-refractivity contribution >= 4 is 12.0 Å². The molecule has 2 rings (SSSR count). The summed E-state index contributed by atoms with van der Waals surface area (Å²) in [6, 6.07) is 9.54. The number of nitrogens with one attached hydrogen (secondary N) is 2. The van der Waals surface area contributed by atoms with Crippen molar-refractivity contribution in [1.29, 1.82) is 0 Å². The van der Waals surface area contributed by atoms with Crippen molar-refractivity contribution in [2.24, 2.45) is 0 Å². The van der Waals surface area contributed by atoms with E-state index in [-0.39, 0.29) is 30.8 Å². The van der Waals surface area contributed by atoms with Crippen molar-refractivity contribution in [3.05, 3.63) is 48.0 Å². The standard InChI is InChI=1S/C19H23FN2O4/c1-2-21-19(24)22-12-5-13-25-18(23)11-9-14-8-10-17(26-14)15-6-3-4-7-16(15)20/h3-4,6-8,10H,2,5,9,11-13H2,1H3,(H2,21,22,24). The van der Waals surface area contributed by atoms with E-state index in [2.05, 4.69) is 10.6 Å². The number of carbonyl (C=O) groups is 2. The molecule has 0 unspecified atom stereocenters. The maximum Gasteiger partial charge on any atom is 0.314 e. The van der Waals surface area contributed by atoms with Crippen LogP contribution in [0.1, 0.15) is 25.5 Å². The molecule has 2 N–H and O–H groups in total. The van der Waals surface area contributed by atoms with Gasteiger partial charge in [-0.15, -0.1) is 0 Å². The van der Waals surface area contributed by atoms with E-state index >= 15 is 0 Å². The third kappa shape index (κ3) is 6.23. The van der Waals surface area contributed by atoms with Crippen LogP contribution in [0.3, 0.4) is 0 Å². The summed E-state index contributed by atoms with van der Waals surface area (Å²) in [6.45, 7) is 3.07. The molecule has 0 aliphatic heterocycles. The first-order valence-electron chi connectivity index (χ1n) is 8.61. The zero-order valence-electron chi connectivity index (χ0n) is 14.7. The van der Waals surface area contributed by atoms with E-state index in [1.54, 1.807) is 30.3 Å². The number of aryl methyl sites for hydroxylation is 1. The van der Waals surface area contributed by atoms with Crippen molar-refractivity contribution in [1.82, 2.24) is 10.6 Å². The number of halogens is 1. The van der Waals surface area contributed by atoms with Crippen LogP contribution in [-0.4, -0.2) is 31.7 Å². The lowest BCUT2D eigenvalue weighted by Gasteiger charge is -2.06. The Morgan fingerprint density at radius 2 is 1.96 bits per heavy atom. The van der Waals surface area contributed by atoms with Crippen LogP contribution >= 0.6 is 0 Å². The highest BCUT2D eigenvalue weighted by atomic mass is 19.1. The van der Waals surface area contributed by atoms with Gasteiger partial charge < -0.3 is 19.8 Å². The average molecular weight is 362 g/mol. The summed E-state index contributed by atoms with van der Waals surface area (Å²) in [5.41, 5.74) is 0.390. The van der Waals surface area contributed by atoms with Gasteiger partial charge in [-0.25, -0.2) is 9.18 Å². The Balaban J connectivity index is 1.67. The fourth-order valence-corrected chi connectivity index (χ4v) is 2.30. The van der Waals surface area contributed by atoms with Gasteiger partial charge in [0.25, 0.3) is 0 Å². The summed E-state index contributed by atoms with van der Waals surface area (Å²) in [7, 11) is 0. The molecule has 140 valence electrons. The molecular formula is C19H23FN2O4. The normalized spacial score (nSPS) is 10.4. The monoisotopic (exact) mass is 362 g/mol. The summed E-state index contributed by atoms with van der Waals surface area (Å²) in [4.78, 5) is 22.9. The molecule has 0 fully saturated rings. The molecule has 0 aliphatic carbocycles. The number of benzene rings is 1. The lowest BCUT2D eigenvalue weighted by Crippen LogP contribution is -2.36. The lowest BCUT2D eigenvalue weighted by molar-refractivity contribution is -0.143. The molecule has 7 heteroatoms. The Morgan fingerprint density at radius 1 is 1.15 bits per heavy atom. The minimum Gasteiger partial charge on any atom is -0.466 e. The molecule has 0 aliphatic rings. The fraction of sp³-hybridized carbons (Fsp3) is 0.368. The van der Waals surface area contributed by atoms with Crippen molar-refractivity contribution in [2.75, 3.05) is 19.7 Å². The highest BCUT2D eigenvalue weighted by Gasteiger charge is 2.11. The van der Waals surface area contributed by atoms with Gasteiger partial charge >= 0.3 is 12.0 Å². The van der Waals surface area contributed by atoms with Crippen molar-refractivity contribution in [2.45, 2.75) is 26.2 Å². The van der Waals surface area contributed by atoms with Gasteiger partial charge in [-0.1, -0.05) is 12.1 Å². The maximum absolute atomic E-state index is 13.7. The average Bonchev–Trinajstić information content (AvgIpc) is 3.09. The number of ether oxygens (including phenoxy) is 1. The van der Waals surface area contributed by atoms with Crippen molar-refractivity contribution in [3.8, 4) is 11.3 Å². The minimum atomic E-state index is -0.353. The van der Waals surface area contributed by atoms with Gasteiger partial charge in [0.05, 0.1) is 18.6 Å². The zero-order valence-corrected chi connectivity index (χ0v) is 14.7. The number of hydrogen-bond donors (Lipinski definition) is 2. The fourth-order valence-electron chi connectivity index (χ4n) is 2.30. The van der Waals surface area contributed by atoms with Crippen molar-refractivity contribution in [3.63, 3.8) is 0 Å². The molecule has 1 aromatic heterocycles. The largest absolute Gasteiger partial charge is 0.466 e. The van der Waals surface area contributed by atoms with E-state index < -0.39 is 0 Å². The molecule has 0 saturated carbocycles. The number of rotatable bonds is 9. The second-order valence-corrected chi connectivity index (χ2v) is 5.61.